The number of rotatable bonds is 15. The Kier molecular flexibility index (Phi) is 13.8. The van der Waals surface area contributed by atoms with Gasteiger partial charge in [-0.15, -0.1) is 0 Å². The van der Waals surface area contributed by atoms with E-state index in [0.29, 0.717) is 0 Å². The lowest BCUT2D eigenvalue weighted by Crippen LogP contribution is -2.70. The monoisotopic (exact) mass is 1030 g/mol. The molecule has 64 heavy (non-hydrogen) atoms. The van der Waals surface area contributed by atoms with Gasteiger partial charge in [0.1, 0.15) is 0 Å². The summed E-state index contributed by atoms with van der Waals surface area (Å²) >= 11 is 0. The molecule has 0 fully saturated rings. The first-order valence-electron chi connectivity index (χ1n) is 14.7. The van der Waals surface area contributed by atoms with Gasteiger partial charge in [0.05, 0.1) is 0 Å². The van der Waals surface area contributed by atoms with Gasteiger partial charge >= 0.3 is 71.6 Å². The second-order valence-electron chi connectivity index (χ2n) is 12.6. The molecule has 0 N–H and O–H groups in total. The predicted octanol–water partition coefficient (Wildman–Crippen LogP) is 14.2. The summed E-state index contributed by atoms with van der Waals surface area (Å²) in [4.78, 5) is 0. The van der Waals surface area contributed by atoms with Crippen molar-refractivity contribution < 1.29 is 158 Å². The molecule has 0 radical (unpaired) electrons. The van der Waals surface area contributed by atoms with Gasteiger partial charge in [0, 0.05) is 35.8 Å². The zero-order chi connectivity index (χ0) is 51.5. The molecule has 0 unspecified atom stereocenters. The van der Waals surface area contributed by atoms with Crippen molar-refractivity contribution in [3.8, 4) is 0 Å². The summed E-state index contributed by atoms with van der Waals surface area (Å²) < 4.78 is 505. The van der Waals surface area contributed by atoms with Crippen molar-refractivity contribution in [3.63, 3.8) is 0 Å². The minimum absolute atomic E-state index is 3.80. The number of hydrogen-bond donors (Lipinski definition) is 0. The fourth-order valence-corrected chi connectivity index (χ4v) is 5.20. The van der Waals surface area contributed by atoms with Crippen LogP contribution < -0.4 is 0 Å². The van der Waals surface area contributed by atoms with Crippen LogP contribution in [-0.2, 0) is 0 Å². The third kappa shape index (κ3) is 7.72. The second-order valence-corrected chi connectivity index (χ2v) is 12.6. The lowest BCUT2D eigenvalue weighted by Gasteiger charge is -2.42. The highest BCUT2D eigenvalue weighted by molar-refractivity contribution is 5.36. The summed E-state index contributed by atoms with van der Waals surface area (Å²) in [6, 6.07) is 0. The zero-order valence-electron chi connectivity index (χ0n) is 28.2. The Balaban J connectivity index is 3.38. The molecule has 2 atom stereocenters. The molecule has 0 amide bonds. The van der Waals surface area contributed by atoms with Crippen LogP contribution >= 0.6 is 0 Å². The van der Waals surface area contributed by atoms with Crippen molar-refractivity contribution in [1.29, 1.82) is 0 Å². The number of alkyl halides is 26. The number of hydrogen-bond acceptors (Lipinski definition) is 0. The molecule has 0 nitrogen and oxygen atoms in total. The SMILES string of the molecule is Fc1c(F)c(F)c([C@@H](CC(F)(F)C(F)(F)C(F)(F)C(F)(F)C(F)(F)C(F)(F)F)[C@H](CC(F)(F)C(F)(F)C(F)(F)C(F)(F)C(F)(F)C(F)(F)F)c2c(F)c(F)c(F)c(F)c2F)c(F)c1F. The van der Waals surface area contributed by atoms with Gasteiger partial charge in [0.25, 0.3) is 0 Å². The maximum atomic E-state index is 15.2. The minimum atomic E-state index is -9.22. The van der Waals surface area contributed by atoms with Gasteiger partial charge in [-0.3, -0.25) is 0 Å². The molecule has 2 aromatic carbocycles. The molecule has 0 aliphatic carbocycles. The van der Waals surface area contributed by atoms with Crippen LogP contribution in [0, 0.1) is 58.2 Å². The first kappa shape index (κ1) is 56.1. The Hall–Kier alpha value is -4.08. The largest absolute Gasteiger partial charge is 0.460 e. The molecule has 0 aliphatic rings. The lowest BCUT2D eigenvalue weighted by atomic mass is 9.72. The van der Waals surface area contributed by atoms with E-state index in [9.17, 15) is 123 Å². The molecular formula is C28H6F36. The van der Waals surface area contributed by atoms with Gasteiger partial charge in [-0.05, 0) is 0 Å². The third-order valence-corrected chi connectivity index (χ3v) is 8.66. The zero-order valence-corrected chi connectivity index (χ0v) is 28.2. The smallest absolute Gasteiger partial charge is 0.203 e. The summed E-state index contributed by atoms with van der Waals surface area (Å²) in [5.41, 5.74) is -8.26. The average molecular weight is 1030 g/mol. The Labute approximate surface area is 324 Å². The highest BCUT2D eigenvalue weighted by Crippen LogP contribution is 2.65. The van der Waals surface area contributed by atoms with Gasteiger partial charge in [-0.2, -0.15) is 114 Å². The fourth-order valence-electron chi connectivity index (χ4n) is 5.20. The summed E-state index contributed by atoms with van der Waals surface area (Å²) in [5.74, 6) is -141. The first-order chi connectivity index (χ1) is 27.8. The normalized spacial score (nSPS) is 16.1. The maximum absolute atomic E-state index is 15.2. The molecule has 0 spiro atoms. The van der Waals surface area contributed by atoms with E-state index in [0.717, 1.165) is 0 Å². The second kappa shape index (κ2) is 15.8. The molecule has 0 heterocycles. The summed E-state index contributed by atoms with van der Waals surface area (Å²) in [5, 5.41) is 0. The van der Waals surface area contributed by atoms with Crippen molar-refractivity contribution in [3.05, 3.63) is 69.3 Å². The van der Waals surface area contributed by atoms with Crippen molar-refractivity contribution in [2.45, 2.75) is 96.3 Å². The fraction of sp³-hybridized carbons (Fsp3) is 0.571. The van der Waals surface area contributed by atoms with E-state index in [2.05, 4.69) is 0 Å². The van der Waals surface area contributed by atoms with Crippen LogP contribution in [0.25, 0.3) is 0 Å². The third-order valence-electron chi connectivity index (χ3n) is 8.66. The number of halogens is 36. The van der Waals surface area contributed by atoms with Gasteiger partial charge in [-0.25, -0.2) is 43.9 Å². The highest BCUT2D eigenvalue weighted by Gasteiger charge is 2.92. The average Bonchev–Trinajstić information content (AvgIpc) is 3.12. The van der Waals surface area contributed by atoms with E-state index in [1.54, 1.807) is 0 Å². The van der Waals surface area contributed by atoms with Gasteiger partial charge in [-0.1, -0.05) is 0 Å². The molecule has 36 heteroatoms. The summed E-state index contributed by atoms with van der Waals surface area (Å²) in [6.07, 6.45) is -26.8. The molecule has 0 saturated heterocycles. The van der Waals surface area contributed by atoms with Gasteiger partial charge < -0.3 is 0 Å². The van der Waals surface area contributed by atoms with Crippen molar-refractivity contribution >= 4 is 0 Å². The molecule has 370 valence electrons. The van der Waals surface area contributed by atoms with E-state index >= 15 is 35.1 Å². The number of benzene rings is 2. The molecule has 0 bridgehead atoms. The molecular weight excluding hydrogens is 1020 g/mol. The van der Waals surface area contributed by atoms with Crippen molar-refractivity contribution in [1.82, 2.24) is 0 Å². The van der Waals surface area contributed by atoms with Crippen LogP contribution in [0.1, 0.15) is 35.8 Å². The minimum Gasteiger partial charge on any atom is -0.203 e. The van der Waals surface area contributed by atoms with Crippen molar-refractivity contribution in [2.24, 2.45) is 0 Å². The highest BCUT2D eigenvalue weighted by atomic mass is 19.4. The Morgan fingerprint density at radius 3 is 0.547 bits per heavy atom. The molecule has 0 saturated carbocycles. The van der Waals surface area contributed by atoms with Gasteiger partial charge in [0.15, 0.2) is 46.5 Å². The Bertz CT molecular complexity index is 1880. The Morgan fingerprint density at radius 2 is 0.375 bits per heavy atom. The van der Waals surface area contributed by atoms with Crippen LogP contribution in [0.5, 0.6) is 0 Å². The molecule has 0 aliphatic heterocycles. The van der Waals surface area contributed by atoms with E-state index in [1.165, 1.54) is 0 Å². The predicted molar refractivity (Wildman–Crippen MR) is 129 cm³/mol. The molecule has 2 aromatic rings. The van der Waals surface area contributed by atoms with Crippen LogP contribution in [0.4, 0.5) is 158 Å². The van der Waals surface area contributed by atoms with Gasteiger partial charge in [0.2, 0.25) is 11.6 Å². The van der Waals surface area contributed by atoms with Crippen LogP contribution in [0.15, 0.2) is 0 Å². The van der Waals surface area contributed by atoms with Crippen LogP contribution in [0.2, 0.25) is 0 Å². The van der Waals surface area contributed by atoms with Crippen molar-refractivity contribution in [2.75, 3.05) is 0 Å². The standard InChI is InChI=1S/C28H6F36/c29-7-5(8(30)12(34)15(37)11(7)33)3(1-17(39,40)19(43,44)21(47,48)23(51,52)25(55,56)27(59,60)61)4(6-9(31)13(35)16(38)14(36)10(6)32)2-18(41,42)20(45,46)22(49,50)24(53,54)26(57,58)28(62,63)64/h3-4H,1-2H2/t3-,4-/m0/s1. The summed E-state index contributed by atoms with van der Waals surface area (Å²) in [7, 11) is 0. The quantitative estimate of drug-likeness (QED) is 0.0947. The topological polar surface area (TPSA) is 0 Å². The lowest BCUT2D eigenvalue weighted by molar-refractivity contribution is -0.441. The first-order valence-corrected chi connectivity index (χ1v) is 14.7. The molecule has 2 rings (SSSR count). The maximum Gasteiger partial charge on any atom is 0.460 e. The van der Waals surface area contributed by atoms with Crippen LogP contribution in [0.3, 0.4) is 0 Å². The van der Waals surface area contributed by atoms with E-state index in [1.807, 2.05) is 0 Å². The van der Waals surface area contributed by atoms with Crippen LogP contribution in [-0.4, -0.2) is 71.6 Å². The van der Waals surface area contributed by atoms with E-state index < -0.39 is 166 Å². The van der Waals surface area contributed by atoms with E-state index in [-0.39, 0.29) is 0 Å². The Morgan fingerprint density at radius 1 is 0.219 bits per heavy atom. The summed E-state index contributed by atoms with van der Waals surface area (Å²) in [6.45, 7) is 0. The van der Waals surface area contributed by atoms with E-state index in [4.69, 9.17) is 0 Å². The molecule has 0 aromatic heterocycles.